The molecule has 0 spiro atoms. The summed E-state index contributed by atoms with van der Waals surface area (Å²) in [5.74, 6) is 0.881. The number of ether oxygens (including phenoxy) is 1. The van der Waals surface area contributed by atoms with Gasteiger partial charge in [0.25, 0.3) is 0 Å². The summed E-state index contributed by atoms with van der Waals surface area (Å²) in [7, 11) is -1.83. The van der Waals surface area contributed by atoms with Crippen molar-refractivity contribution < 1.29 is 9.16 Å². The summed E-state index contributed by atoms with van der Waals surface area (Å²) >= 11 is 3.63. The van der Waals surface area contributed by atoms with E-state index in [1.807, 2.05) is 30.3 Å². The van der Waals surface area contributed by atoms with Gasteiger partial charge in [-0.25, -0.2) is 0 Å². The lowest BCUT2D eigenvalue weighted by Gasteiger charge is -2.39. The second-order valence-corrected chi connectivity index (χ2v) is 13.3. The molecule has 1 atom stereocenters. The molecule has 0 amide bonds. The highest BCUT2D eigenvalue weighted by atomic mass is 79.9. The van der Waals surface area contributed by atoms with Crippen LogP contribution in [0.25, 0.3) is 0 Å². The summed E-state index contributed by atoms with van der Waals surface area (Å²) in [4.78, 5) is 0. The van der Waals surface area contributed by atoms with Gasteiger partial charge in [0, 0.05) is 5.33 Å². The molecule has 0 saturated heterocycles. The monoisotopic (exact) mass is 420 g/mol. The molecule has 0 heterocycles. The molecule has 25 heavy (non-hydrogen) atoms. The van der Waals surface area contributed by atoms with E-state index in [1.54, 1.807) is 0 Å². The van der Waals surface area contributed by atoms with Crippen molar-refractivity contribution in [2.75, 3.05) is 5.33 Å². The van der Waals surface area contributed by atoms with Gasteiger partial charge in [-0.3, -0.25) is 0 Å². The second kappa shape index (κ2) is 8.52. The number of benzene rings is 2. The first-order valence-corrected chi connectivity index (χ1v) is 12.8. The lowest BCUT2D eigenvalue weighted by Crippen LogP contribution is -2.42. The van der Waals surface area contributed by atoms with Crippen molar-refractivity contribution in [2.24, 2.45) is 0 Å². The highest BCUT2D eigenvalue weighted by molar-refractivity contribution is 9.09. The van der Waals surface area contributed by atoms with Crippen molar-refractivity contribution in [3.8, 4) is 5.75 Å². The maximum atomic E-state index is 6.59. The van der Waals surface area contributed by atoms with Crippen LogP contribution >= 0.6 is 15.9 Å². The Hall–Kier alpha value is -1.10. The Kier molecular flexibility index (Phi) is 6.89. The predicted molar refractivity (Wildman–Crippen MR) is 112 cm³/mol. The Morgan fingerprint density at radius 1 is 1.00 bits per heavy atom. The molecule has 0 aliphatic carbocycles. The van der Waals surface area contributed by atoms with E-state index < -0.39 is 8.32 Å². The van der Waals surface area contributed by atoms with Crippen molar-refractivity contribution in [3.05, 3.63) is 65.7 Å². The van der Waals surface area contributed by atoms with Gasteiger partial charge in [-0.2, -0.15) is 0 Å². The third-order valence-electron chi connectivity index (χ3n) is 4.86. The SMILES string of the molecule is CC(C)(C)[Si](C)(C)O[C@@H](CBr)c1cccc(OCc2ccccc2)c1. The Morgan fingerprint density at radius 2 is 1.68 bits per heavy atom. The molecule has 0 aliphatic rings. The maximum absolute atomic E-state index is 6.59. The van der Waals surface area contributed by atoms with Crippen LogP contribution in [0.5, 0.6) is 5.75 Å². The number of rotatable bonds is 7. The molecular formula is C21H29BrO2Si. The van der Waals surface area contributed by atoms with Gasteiger partial charge in [0.1, 0.15) is 12.4 Å². The standard InChI is InChI=1S/C21H29BrO2Si/c1-21(2,3)25(4,5)24-20(15-22)18-12-9-13-19(14-18)23-16-17-10-7-6-8-11-17/h6-14,20H,15-16H2,1-5H3/t20-/m0/s1. The van der Waals surface area contributed by atoms with Gasteiger partial charge >= 0.3 is 0 Å². The van der Waals surface area contributed by atoms with E-state index in [0.29, 0.717) is 6.61 Å². The molecule has 136 valence electrons. The molecule has 0 bridgehead atoms. The minimum Gasteiger partial charge on any atom is -0.489 e. The smallest absolute Gasteiger partial charge is 0.192 e. The summed E-state index contributed by atoms with van der Waals surface area (Å²) in [5.41, 5.74) is 2.33. The lowest BCUT2D eigenvalue weighted by atomic mass is 10.1. The first kappa shape index (κ1) is 20.2. The molecule has 2 aromatic rings. The molecular weight excluding hydrogens is 392 g/mol. The summed E-state index contributed by atoms with van der Waals surface area (Å²) in [6.45, 7) is 12.0. The number of alkyl halides is 1. The molecule has 2 aromatic carbocycles. The first-order valence-electron chi connectivity index (χ1n) is 8.73. The average Bonchev–Trinajstić information content (AvgIpc) is 2.58. The third kappa shape index (κ3) is 5.70. The molecule has 0 saturated carbocycles. The largest absolute Gasteiger partial charge is 0.489 e. The van der Waals surface area contributed by atoms with E-state index >= 15 is 0 Å². The Morgan fingerprint density at radius 3 is 2.28 bits per heavy atom. The number of hydrogen-bond acceptors (Lipinski definition) is 2. The van der Waals surface area contributed by atoms with Crippen molar-refractivity contribution in [1.82, 2.24) is 0 Å². The van der Waals surface area contributed by atoms with E-state index in [0.717, 1.165) is 16.6 Å². The number of halogens is 1. The fourth-order valence-electron chi connectivity index (χ4n) is 2.27. The first-order chi connectivity index (χ1) is 11.7. The maximum Gasteiger partial charge on any atom is 0.192 e. The van der Waals surface area contributed by atoms with Crippen LogP contribution < -0.4 is 4.74 Å². The minimum atomic E-state index is -1.83. The van der Waals surface area contributed by atoms with Gasteiger partial charge in [-0.1, -0.05) is 79.2 Å². The quantitative estimate of drug-likeness (QED) is 0.365. The molecule has 0 fully saturated rings. The van der Waals surface area contributed by atoms with E-state index in [9.17, 15) is 0 Å². The van der Waals surface area contributed by atoms with Crippen LogP contribution in [0.4, 0.5) is 0 Å². The zero-order valence-electron chi connectivity index (χ0n) is 15.9. The summed E-state index contributed by atoms with van der Waals surface area (Å²) in [6, 6.07) is 18.5. The summed E-state index contributed by atoms with van der Waals surface area (Å²) < 4.78 is 12.6. The molecule has 0 radical (unpaired) electrons. The molecule has 2 rings (SSSR count). The van der Waals surface area contributed by atoms with Crippen LogP contribution in [0.2, 0.25) is 18.1 Å². The number of hydrogen-bond donors (Lipinski definition) is 0. The van der Waals surface area contributed by atoms with Gasteiger partial charge in [0.15, 0.2) is 8.32 Å². The van der Waals surface area contributed by atoms with Crippen molar-refractivity contribution in [1.29, 1.82) is 0 Å². The van der Waals surface area contributed by atoms with Gasteiger partial charge in [-0.05, 0) is 41.4 Å². The van der Waals surface area contributed by atoms with E-state index in [2.05, 4.69) is 74.1 Å². The van der Waals surface area contributed by atoms with E-state index in [4.69, 9.17) is 9.16 Å². The summed E-state index contributed by atoms with van der Waals surface area (Å²) in [5, 5.41) is 0.969. The van der Waals surface area contributed by atoms with Crippen LogP contribution in [0.3, 0.4) is 0 Å². The molecule has 0 N–H and O–H groups in total. The zero-order valence-corrected chi connectivity index (χ0v) is 18.5. The molecule has 2 nitrogen and oxygen atoms in total. The van der Waals surface area contributed by atoms with Crippen LogP contribution in [0, 0.1) is 0 Å². The summed E-state index contributed by atoms with van der Waals surface area (Å²) in [6.07, 6.45) is 0.0427. The molecule has 0 aliphatic heterocycles. The fourth-order valence-corrected chi connectivity index (χ4v) is 4.30. The van der Waals surface area contributed by atoms with Crippen molar-refractivity contribution >= 4 is 24.2 Å². The minimum absolute atomic E-state index is 0.0427. The van der Waals surface area contributed by atoms with Crippen LogP contribution in [-0.2, 0) is 11.0 Å². The lowest BCUT2D eigenvalue weighted by molar-refractivity contribution is 0.207. The molecule has 0 unspecified atom stereocenters. The van der Waals surface area contributed by atoms with Gasteiger partial charge in [0.05, 0.1) is 6.10 Å². The van der Waals surface area contributed by atoms with Gasteiger partial charge < -0.3 is 9.16 Å². The van der Waals surface area contributed by atoms with E-state index in [1.165, 1.54) is 5.56 Å². The van der Waals surface area contributed by atoms with Crippen LogP contribution in [0.1, 0.15) is 38.0 Å². The molecule has 0 aromatic heterocycles. The Balaban J connectivity index is 2.10. The third-order valence-corrected chi connectivity index (χ3v) is 9.94. The normalized spacial score (nSPS) is 13.5. The van der Waals surface area contributed by atoms with Crippen molar-refractivity contribution in [2.45, 2.75) is 51.6 Å². The highest BCUT2D eigenvalue weighted by Gasteiger charge is 2.39. The van der Waals surface area contributed by atoms with E-state index in [-0.39, 0.29) is 11.1 Å². The molecule has 4 heteroatoms. The average molecular weight is 421 g/mol. The topological polar surface area (TPSA) is 18.5 Å². The second-order valence-electron chi connectivity index (χ2n) is 7.87. The van der Waals surface area contributed by atoms with Crippen LogP contribution in [-0.4, -0.2) is 13.6 Å². The highest BCUT2D eigenvalue weighted by Crippen LogP contribution is 2.40. The van der Waals surface area contributed by atoms with Gasteiger partial charge in [-0.15, -0.1) is 0 Å². The fraction of sp³-hybridized carbons (Fsp3) is 0.429. The predicted octanol–water partition coefficient (Wildman–Crippen LogP) is 6.72. The van der Waals surface area contributed by atoms with Crippen LogP contribution in [0.15, 0.2) is 54.6 Å². The Labute approximate surface area is 161 Å². The Bertz CT molecular complexity index is 665. The van der Waals surface area contributed by atoms with Crippen molar-refractivity contribution in [3.63, 3.8) is 0 Å². The zero-order chi connectivity index (χ0) is 18.5. The van der Waals surface area contributed by atoms with Gasteiger partial charge in [0.2, 0.25) is 0 Å².